The summed E-state index contributed by atoms with van der Waals surface area (Å²) in [6, 6.07) is 7.60. The van der Waals surface area contributed by atoms with Crippen LogP contribution in [0, 0.1) is 6.92 Å². The van der Waals surface area contributed by atoms with Gasteiger partial charge >= 0.3 is 0 Å². The smallest absolute Gasteiger partial charge is 0.255 e. The van der Waals surface area contributed by atoms with E-state index >= 15 is 0 Å². The maximum Gasteiger partial charge on any atom is 0.255 e. The lowest BCUT2D eigenvalue weighted by molar-refractivity contribution is -0.123. The zero-order valence-electron chi connectivity index (χ0n) is 18.5. The van der Waals surface area contributed by atoms with Gasteiger partial charge in [-0.2, -0.15) is 0 Å². The third-order valence-corrected chi connectivity index (χ3v) is 6.36. The van der Waals surface area contributed by atoms with Gasteiger partial charge in [-0.3, -0.25) is 14.6 Å². The summed E-state index contributed by atoms with van der Waals surface area (Å²) in [7, 11) is 0. The molecule has 0 bridgehead atoms. The Bertz CT molecular complexity index is 948. The number of aryl methyl sites for hydroxylation is 1. The van der Waals surface area contributed by atoms with Gasteiger partial charge in [0.15, 0.2) is 0 Å². The van der Waals surface area contributed by atoms with E-state index in [0.29, 0.717) is 55.0 Å². The zero-order chi connectivity index (χ0) is 22.4. The van der Waals surface area contributed by atoms with Gasteiger partial charge < -0.3 is 15.0 Å². The number of anilines is 1. The summed E-state index contributed by atoms with van der Waals surface area (Å²) < 4.78 is 5.35. The van der Waals surface area contributed by atoms with Crippen LogP contribution in [0.2, 0.25) is 5.02 Å². The largest absolute Gasteiger partial charge is 0.378 e. The lowest BCUT2D eigenvalue weighted by atomic mass is 9.84. The number of hydrogen-bond donors (Lipinski definition) is 2. The van der Waals surface area contributed by atoms with E-state index in [-0.39, 0.29) is 17.9 Å². The summed E-state index contributed by atoms with van der Waals surface area (Å²) in [4.78, 5) is 35.0. The Morgan fingerprint density at radius 1 is 1.23 bits per heavy atom. The third-order valence-electron chi connectivity index (χ3n) is 6.11. The first-order valence-electron chi connectivity index (χ1n) is 10.9. The number of nitrogens with zero attached hydrogens (tertiary/aromatic N) is 2. The molecule has 3 rings (SSSR count). The van der Waals surface area contributed by atoms with Gasteiger partial charge in [0.05, 0.1) is 18.8 Å². The van der Waals surface area contributed by atoms with Crippen molar-refractivity contribution in [1.82, 2.24) is 15.3 Å². The Balaban J connectivity index is 1.69. The van der Waals surface area contributed by atoms with Crippen molar-refractivity contribution in [2.75, 3.05) is 31.2 Å². The minimum Gasteiger partial charge on any atom is -0.378 e. The molecule has 0 unspecified atom stereocenters. The van der Waals surface area contributed by atoms with Crippen LogP contribution in [-0.2, 0) is 21.5 Å². The number of carbonyl (C=O) groups excluding carboxylic acids is 1. The first kappa shape index (κ1) is 23.3. The second-order valence-electron chi connectivity index (χ2n) is 7.90. The van der Waals surface area contributed by atoms with E-state index in [9.17, 15) is 9.59 Å². The minimum absolute atomic E-state index is 0.0882. The van der Waals surface area contributed by atoms with Gasteiger partial charge in [-0.15, -0.1) is 0 Å². The highest BCUT2D eigenvalue weighted by molar-refractivity contribution is 6.30. The molecule has 7 nitrogen and oxygen atoms in total. The maximum absolute atomic E-state index is 12.8. The molecule has 1 aliphatic rings. The molecule has 168 valence electrons. The van der Waals surface area contributed by atoms with Gasteiger partial charge in [-0.1, -0.05) is 37.6 Å². The van der Waals surface area contributed by atoms with Gasteiger partial charge in [0.25, 0.3) is 5.56 Å². The first-order valence-corrected chi connectivity index (χ1v) is 11.3. The standard InChI is InChI=1S/C23H31ClN4O3/c1-4-23(5-2,17-6-8-18(24)9-7-17)27-20(29)11-10-19-16(3)25-22(26-21(19)30)28-12-14-31-15-13-28/h6-9H,4-5,10-15H2,1-3H3,(H,27,29)(H,25,26,30). The van der Waals surface area contributed by atoms with E-state index in [1.54, 1.807) is 0 Å². The van der Waals surface area contributed by atoms with Crippen LogP contribution in [0.4, 0.5) is 5.95 Å². The number of H-pyrrole nitrogens is 1. The summed E-state index contributed by atoms with van der Waals surface area (Å²) in [5.74, 6) is 0.479. The number of aromatic nitrogens is 2. The van der Waals surface area contributed by atoms with Gasteiger partial charge in [0.2, 0.25) is 11.9 Å². The predicted octanol–water partition coefficient (Wildman–Crippen LogP) is 3.33. The predicted molar refractivity (Wildman–Crippen MR) is 123 cm³/mol. The molecule has 2 N–H and O–H groups in total. The third kappa shape index (κ3) is 5.46. The number of ether oxygens (including phenoxy) is 1. The summed E-state index contributed by atoms with van der Waals surface area (Å²) in [6.45, 7) is 8.57. The van der Waals surface area contributed by atoms with E-state index in [1.165, 1.54) is 0 Å². The fourth-order valence-electron chi connectivity index (χ4n) is 4.06. The van der Waals surface area contributed by atoms with Crippen LogP contribution in [0.15, 0.2) is 29.1 Å². The number of benzene rings is 1. The Morgan fingerprint density at radius 3 is 2.45 bits per heavy atom. The highest BCUT2D eigenvalue weighted by Gasteiger charge is 2.30. The Morgan fingerprint density at radius 2 is 1.87 bits per heavy atom. The molecule has 1 aliphatic heterocycles. The highest BCUT2D eigenvalue weighted by atomic mass is 35.5. The molecule has 2 aromatic rings. The number of rotatable bonds is 8. The topological polar surface area (TPSA) is 87.3 Å². The number of hydrogen-bond acceptors (Lipinski definition) is 5. The molecule has 2 heterocycles. The van der Waals surface area contributed by atoms with Crippen LogP contribution in [0.3, 0.4) is 0 Å². The van der Waals surface area contributed by atoms with E-state index in [4.69, 9.17) is 16.3 Å². The van der Waals surface area contributed by atoms with Crippen LogP contribution in [0.5, 0.6) is 0 Å². The van der Waals surface area contributed by atoms with Crippen molar-refractivity contribution in [3.63, 3.8) is 0 Å². The van der Waals surface area contributed by atoms with E-state index in [2.05, 4.69) is 29.1 Å². The van der Waals surface area contributed by atoms with Crippen LogP contribution in [0.25, 0.3) is 0 Å². The molecule has 8 heteroatoms. The second kappa shape index (κ2) is 10.3. The van der Waals surface area contributed by atoms with Crippen molar-refractivity contribution in [3.8, 4) is 0 Å². The van der Waals surface area contributed by atoms with Crippen molar-refractivity contribution >= 4 is 23.5 Å². The molecular formula is C23H31ClN4O3. The van der Waals surface area contributed by atoms with Crippen molar-refractivity contribution in [1.29, 1.82) is 0 Å². The van der Waals surface area contributed by atoms with Crippen LogP contribution >= 0.6 is 11.6 Å². The summed E-state index contributed by atoms with van der Waals surface area (Å²) in [5.41, 5.74) is 1.60. The molecule has 0 radical (unpaired) electrons. The van der Waals surface area contributed by atoms with Crippen molar-refractivity contribution in [2.24, 2.45) is 0 Å². The van der Waals surface area contributed by atoms with Gasteiger partial charge in [0.1, 0.15) is 0 Å². The lowest BCUT2D eigenvalue weighted by Crippen LogP contribution is -2.45. The summed E-state index contributed by atoms with van der Waals surface area (Å²) in [6.07, 6.45) is 2.07. The summed E-state index contributed by atoms with van der Waals surface area (Å²) in [5, 5.41) is 3.87. The van der Waals surface area contributed by atoms with Crippen LogP contribution < -0.4 is 15.8 Å². The lowest BCUT2D eigenvalue weighted by Gasteiger charge is -2.34. The summed E-state index contributed by atoms with van der Waals surface area (Å²) >= 11 is 6.03. The molecule has 1 amide bonds. The van der Waals surface area contributed by atoms with Gasteiger partial charge in [-0.25, -0.2) is 4.98 Å². The number of aromatic amines is 1. The second-order valence-corrected chi connectivity index (χ2v) is 8.33. The number of morpholine rings is 1. The first-order chi connectivity index (χ1) is 14.9. The number of nitrogens with one attached hydrogen (secondary N) is 2. The molecule has 0 spiro atoms. The fourth-order valence-corrected chi connectivity index (χ4v) is 4.18. The number of amides is 1. The maximum atomic E-state index is 12.8. The Labute approximate surface area is 188 Å². The zero-order valence-corrected chi connectivity index (χ0v) is 19.2. The van der Waals surface area contributed by atoms with Crippen molar-refractivity contribution < 1.29 is 9.53 Å². The molecule has 1 aromatic heterocycles. The SMILES string of the molecule is CCC(CC)(NC(=O)CCc1c(C)nc(N2CCOCC2)[nH]c1=O)c1ccc(Cl)cc1. The number of carbonyl (C=O) groups is 1. The molecule has 0 saturated carbocycles. The van der Waals surface area contributed by atoms with Crippen molar-refractivity contribution in [2.45, 2.75) is 52.0 Å². The molecule has 1 aromatic carbocycles. The van der Waals surface area contributed by atoms with E-state index in [1.807, 2.05) is 36.1 Å². The van der Waals surface area contributed by atoms with Crippen molar-refractivity contribution in [3.05, 3.63) is 56.5 Å². The van der Waals surface area contributed by atoms with Crippen LogP contribution in [-0.4, -0.2) is 42.2 Å². The fraction of sp³-hybridized carbons (Fsp3) is 0.522. The molecule has 1 saturated heterocycles. The molecule has 0 aliphatic carbocycles. The van der Waals surface area contributed by atoms with E-state index < -0.39 is 5.54 Å². The highest BCUT2D eigenvalue weighted by Crippen LogP contribution is 2.30. The van der Waals surface area contributed by atoms with Gasteiger partial charge in [0, 0.05) is 35.8 Å². The molecule has 0 atom stereocenters. The Kier molecular flexibility index (Phi) is 7.73. The minimum atomic E-state index is -0.457. The average Bonchev–Trinajstić information content (AvgIpc) is 2.78. The Hall–Kier alpha value is -2.38. The monoisotopic (exact) mass is 446 g/mol. The quantitative estimate of drug-likeness (QED) is 0.649. The molecular weight excluding hydrogens is 416 g/mol. The van der Waals surface area contributed by atoms with E-state index in [0.717, 1.165) is 18.4 Å². The van der Waals surface area contributed by atoms with Gasteiger partial charge in [-0.05, 0) is 43.9 Å². The molecule has 31 heavy (non-hydrogen) atoms. The average molecular weight is 447 g/mol. The normalized spacial score (nSPS) is 14.5. The number of halogens is 1. The molecule has 1 fully saturated rings. The van der Waals surface area contributed by atoms with Crippen LogP contribution in [0.1, 0.15) is 49.9 Å².